The van der Waals surface area contributed by atoms with Gasteiger partial charge < -0.3 is 5.32 Å². The standard InChI is InChI=1S/C17H31N3S2/c1-17(2,3)14-18-16-8-6-7-15(19-16)13-20(9-11-21-4)10-12-22-5/h6-8H,9-14H2,1-5H3,(H,18,19). The molecule has 0 bridgehead atoms. The topological polar surface area (TPSA) is 28.2 Å². The Kier molecular flexibility index (Phi) is 9.29. The normalized spacial score (nSPS) is 11.9. The molecule has 0 atom stereocenters. The van der Waals surface area contributed by atoms with E-state index in [1.54, 1.807) is 0 Å². The van der Waals surface area contributed by atoms with E-state index in [1.807, 2.05) is 23.5 Å². The molecule has 0 unspecified atom stereocenters. The van der Waals surface area contributed by atoms with Crippen molar-refractivity contribution < 1.29 is 0 Å². The quantitative estimate of drug-likeness (QED) is 0.693. The van der Waals surface area contributed by atoms with E-state index in [2.05, 4.69) is 61.7 Å². The summed E-state index contributed by atoms with van der Waals surface area (Å²) in [5, 5.41) is 3.45. The minimum Gasteiger partial charge on any atom is -0.370 e. The van der Waals surface area contributed by atoms with Gasteiger partial charge in [0.1, 0.15) is 5.82 Å². The third kappa shape index (κ3) is 8.91. The van der Waals surface area contributed by atoms with Gasteiger partial charge in [-0.2, -0.15) is 23.5 Å². The van der Waals surface area contributed by atoms with Crippen molar-refractivity contribution in [3.8, 4) is 0 Å². The average Bonchev–Trinajstić information content (AvgIpc) is 2.47. The highest BCUT2D eigenvalue weighted by atomic mass is 32.2. The number of pyridine rings is 1. The number of hydrogen-bond donors (Lipinski definition) is 1. The summed E-state index contributed by atoms with van der Waals surface area (Å²) >= 11 is 3.81. The van der Waals surface area contributed by atoms with E-state index in [1.165, 1.54) is 11.5 Å². The third-order valence-electron chi connectivity index (χ3n) is 3.22. The summed E-state index contributed by atoms with van der Waals surface area (Å²) in [6, 6.07) is 6.30. The molecule has 0 spiro atoms. The van der Waals surface area contributed by atoms with Gasteiger partial charge in [0, 0.05) is 37.7 Å². The lowest BCUT2D eigenvalue weighted by Gasteiger charge is -2.22. The van der Waals surface area contributed by atoms with Gasteiger partial charge in [0.2, 0.25) is 0 Å². The molecule has 1 heterocycles. The van der Waals surface area contributed by atoms with Crippen molar-refractivity contribution in [1.82, 2.24) is 9.88 Å². The van der Waals surface area contributed by atoms with Gasteiger partial charge in [0.25, 0.3) is 0 Å². The molecule has 0 saturated heterocycles. The van der Waals surface area contributed by atoms with Crippen molar-refractivity contribution in [2.75, 3.05) is 49.0 Å². The number of hydrogen-bond acceptors (Lipinski definition) is 5. The van der Waals surface area contributed by atoms with Gasteiger partial charge in [-0.3, -0.25) is 4.90 Å². The van der Waals surface area contributed by atoms with Gasteiger partial charge in [0.15, 0.2) is 0 Å². The molecule has 1 aromatic heterocycles. The van der Waals surface area contributed by atoms with E-state index in [4.69, 9.17) is 4.98 Å². The van der Waals surface area contributed by atoms with Crippen LogP contribution < -0.4 is 5.32 Å². The Morgan fingerprint density at radius 2 is 1.73 bits per heavy atom. The van der Waals surface area contributed by atoms with E-state index < -0.39 is 0 Å². The Balaban J connectivity index is 2.61. The number of nitrogens with zero attached hydrogens (tertiary/aromatic N) is 2. The molecule has 0 aliphatic carbocycles. The van der Waals surface area contributed by atoms with Crippen molar-refractivity contribution in [3.63, 3.8) is 0 Å². The molecule has 0 aromatic carbocycles. The molecule has 0 aliphatic rings. The Hall–Kier alpha value is -0.390. The zero-order chi connectivity index (χ0) is 16.4. The van der Waals surface area contributed by atoms with Gasteiger partial charge in [0.05, 0.1) is 5.69 Å². The Bertz CT molecular complexity index is 411. The van der Waals surface area contributed by atoms with E-state index in [9.17, 15) is 0 Å². The zero-order valence-electron chi connectivity index (χ0n) is 14.7. The van der Waals surface area contributed by atoms with Crippen molar-refractivity contribution in [2.45, 2.75) is 27.3 Å². The molecule has 1 aromatic rings. The second-order valence-electron chi connectivity index (χ2n) is 6.69. The van der Waals surface area contributed by atoms with Gasteiger partial charge in [-0.15, -0.1) is 0 Å². The summed E-state index contributed by atoms with van der Waals surface area (Å²) in [5.41, 5.74) is 1.42. The first-order chi connectivity index (χ1) is 10.4. The largest absolute Gasteiger partial charge is 0.370 e. The van der Waals surface area contributed by atoms with Gasteiger partial charge in [-0.05, 0) is 30.1 Å². The Morgan fingerprint density at radius 3 is 2.27 bits per heavy atom. The van der Waals surface area contributed by atoms with Gasteiger partial charge in [-0.25, -0.2) is 4.98 Å². The highest BCUT2D eigenvalue weighted by Crippen LogP contribution is 2.15. The second-order valence-corrected chi connectivity index (χ2v) is 8.66. The summed E-state index contributed by atoms with van der Waals surface area (Å²) in [5.74, 6) is 3.34. The highest BCUT2D eigenvalue weighted by molar-refractivity contribution is 7.98. The predicted octanol–water partition coefficient (Wildman–Crippen LogP) is 4.07. The molecule has 22 heavy (non-hydrogen) atoms. The molecular weight excluding hydrogens is 310 g/mol. The van der Waals surface area contributed by atoms with Crippen LogP contribution in [0.1, 0.15) is 26.5 Å². The fraction of sp³-hybridized carbons (Fsp3) is 0.706. The molecule has 126 valence electrons. The van der Waals surface area contributed by atoms with Crippen molar-refractivity contribution in [3.05, 3.63) is 23.9 Å². The van der Waals surface area contributed by atoms with E-state index >= 15 is 0 Å². The number of rotatable bonds is 10. The first-order valence-corrected chi connectivity index (χ1v) is 10.6. The maximum absolute atomic E-state index is 4.77. The van der Waals surface area contributed by atoms with Crippen LogP contribution in [0.4, 0.5) is 5.82 Å². The maximum Gasteiger partial charge on any atom is 0.126 e. The molecule has 0 amide bonds. The third-order valence-corrected chi connectivity index (χ3v) is 4.40. The van der Waals surface area contributed by atoms with E-state index in [-0.39, 0.29) is 5.41 Å². The lowest BCUT2D eigenvalue weighted by atomic mass is 9.97. The summed E-state index contributed by atoms with van der Waals surface area (Å²) in [6.45, 7) is 10.8. The Morgan fingerprint density at radius 1 is 1.09 bits per heavy atom. The van der Waals surface area contributed by atoms with Crippen LogP contribution in [-0.2, 0) is 6.54 Å². The first kappa shape index (κ1) is 19.7. The smallest absolute Gasteiger partial charge is 0.126 e. The fourth-order valence-corrected chi connectivity index (χ4v) is 2.84. The minimum absolute atomic E-state index is 0.264. The van der Waals surface area contributed by atoms with Crippen molar-refractivity contribution in [1.29, 1.82) is 0 Å². The molecule has 0 fully saturated rings. The summed E-state index contributed by atoms with van der Waals surface area (Å²) < 4.78 is 0. The monoisotopic (exact) mass is 341 g/mol. The number of anilines is 1. The lowest BCUT2D eigenvalue weighted by Crippen LogP contribution is -2.28. The molecule has 1 rings (SSSR count). The summed E-state index contributed by atoms with van der Waals surface area (Å²) in [7, 11) is 0. The van der Waals surface area contributed by atoms with Crippen LogP contribution in [0.3, 0.4) is 0 Å². The second kappa shape index (κ2) is 10.4. The van der Waals surface area contributed by atoms with Crippen LogP contribution in [-0.4, -0.2) is 53.5 Å². The van der Waals surface area contributed by atoms with Crippen LogP contribution in [0.2, 0.25) is 0 Å². The number of aromatic nitrogens is 1. The van der Waals surface area contributed by atoms with Gasteiger partial charge in [-0.1, -0.05) is 26.8 Å². The molecule has 3 nitrogen and oxygen atoms in total. The number of thioether (sulfide) groups is 2. The van der Waals surface area contributed by atoms with E-state index in [0.717, 1.165) is 37.7 Å². The summed E-state index contributed by atoms with van der Waals surface area (Å²) in [6.07, 6.45) is 4.34. The van der Waals surface area contributed by atoms with Crippen LogP contribution in [0.25, 0.3) is 0 Å². The lowest BCUT2D eigenvalue weighted by molar-refractivity contribution is 0.297. The van der Waals surface area contributed by atoms with E-state index in [0.29, 0.717) is 0 Å². The molecular formula is C17H31N3S2. The van der Waals surface area contributed by atoms with Crippen molar-refractivity contribution >= 4 is 29.3 Å². The molecule has 0 aliphatic heterocycles. The van der Waals surface area contributed by atoms with Crippen LogP contribution in [0.15, 0.2) is 18.2 Å². The van der Waals surface area contributed by atoms with Crippen LogP contribution in [0, 0.1) is 5.41 Å². The highest BCUT2D eigenvalue weighted by Gasteiger charge is 2.11. The van der Waals surface area contributed by atoms with Gasteiger partial charge >= 0.3 is 0 Å². The van der Waals surface area contributed by atoms with Crippen LogP contribution >= 0.6 is 23.5 Å². The van der Waals surface area contributed by atoms with Crippen molar-refractivity contribution in [2.24, 2.45) is 5.41 Å². The predicted molar refractivity (Wildman–Crippen MR) is 104 cm³/mol. The fourth-order valence-electron chi connectivity index (χ4n) is 1.96. The molecule has 5 heteroatoms. The Labute approximate surface area is 145 Å². The first-order valence-electron chi connectivity index (χ1n) is 7.84. The maximum atomic E-state index is 4.77. The zero-order valence-corrected chi connectivity index (χ0v) is 16.3. The average molecular weight is 342 g/mol. The number of nitrogens with one attached hydrogen (secondary N) is 1. The summed E-state index contributed by atoms with van der Waals surface area (Å²) in [4.78, 5) is 7.27. The molecule has 0 saturated carbocycles. The SMILES string of the molecule is CSCCN(CCSC)Cc1cccc(NCC(C)(C)C)n1. The minimum atomic E-state index is 0.264. The van der Waals surface area contributed by atoms with Crippen LogP contribution in [0.5, 0.6) is 0 Å². The molecule has 1 N–H and O–H groups in total. The molecule has 0 radical (unpaired) electrons.